The molecule has 0 spiro atoms. The average molecular weight is 192 g/mol. The molecule has 0 fully saturated rings. The molecule has 0 aromatic rings. The predicted molar refractivity (Wildman–Crippen MR) is 56.3 cm³/mol. The first-order chi connectivity index (χ1) is 4.95. The van der Waals surface area contributed by atoms with Crippen molar-refractivity contribution in [3.8, 4) is 0 Å². The third-order valence-electron chi connectivity index (χ3n) is 1.51. The molecule has 68 valence electrons. The van der Waals surface area contributed by atoms with Gasteiger partial charge in [0.1, 0.15) is 0 Å². The molecule has 1 nitrogen and oxygen atoms in total. The van der Waals surface area contributed by atoms with Crippen LogP contribution < -0.4 is 0 Å². The molecule has 11 heavy (non-hydrogen) atoms. The highest BCUT2D eigenvalue weighted by Gasteiger charge is 2.13. The van der Waals surface area contributed by atoms with Gasteiger partial charge in [0.15, 0.2) is 0 Å². The summed E-state index contributed by atoms with van der Waals surface area (Å²) in [6, 6.07) is 1.21. The fourth-order valence-corrected chi connectivity index (χ4v) is 4.77. The summed E-state index contributed by atoms with van der Waals surface area (Å²) in [7, 11) is -1.47. The maximum absolute atomic E-state index is 11.2. The van der Waals surface area contributed by atoms with Crippen LogP contribution in [0.25, 0.3) is 0 Å². The maximum Gasteiger partial charge on any atom is 0.0451 e. The van der Waals surface area contributed by atoms with Gasteiger partial charge in [0.05, 0.1) is 0 Å². The van der Waals surface area contributed by atoms with E-state index in [1.54, 1.807) is 0 Å². The molecule has 1 atom stereocenters. The smallest absolute Gasteiger partial charge is 0.0451 e. The van der Waals surface area contributed by atoms with Gasteiger partial charge in [-0.15, -0.1) is 0 Å². The van der Waals surface area contributed by atoms with Gasteiger partial charge in [0.2, 0.25) is 0 Å². The molecule has 0 amide bonds. The molecule has 0 heterocycles. The van der Waals surface area contributed by atoms with Gasteiger partial charge in [0, 0.05) is 30.4 Å². The van der Waals surface area contributed by atoms with Crippen molar-refractivity contribution in [2.45, 2.75) is 39.0 Å². The second-order valence-electron chi connectivity index (χ2n) is 4.16. The molecule has 0 N–H and O–H groups in total. The normalized spacial score (nSPS) is 14.9. The highest BCUT2D eigenvalue weighted by atomic mass is 32.2. The monoisotopic (exact) mass is 192 g/mol. The lowest BCUT2D eigenvalue weighted by Crippen LogP contribution is -2.22. The molecule has 0 aliphatic carbocycles. The Bertz CT molecular complexity index is 129. The van der Waals surface area contributed by atoms with Gasteiger partial charge in [-0.05, 0) is 12.5 Å². The summed E-state index contributed by atoms with van der Waals surface area (Å²) in [4.78, 5) is 0. The minimum atomic E-state index is -0.942. The van der Waals surface area contributed by atoms with Gasteiger partial charge in [-0.1, -0.05) is 26.6 Å². The Morgan fingerprint density at radius 2 is 1.73 bits per heavy atom. The molecule has 1 unspecified atom stereocenters. The molecule has 0 aliphatic heterocycles. The first kappa shape index (κ1) is 11.4. The van der Waals surface area contributed by atoms with E-state index in [0.717, 1.165) is 17.9 Å². The Kier molecular flexibility index (Phi) is 5.26. The van der Waals surface area contributed by atoms with E-state index < -0.39 is 18.9 Å². The topological polar surface area (TPSA) is 17.1 Å². The summed E-state index contributed by atoms with van der Waals surface area (Å²) >= 11 is 0. The minimum Gasteiger partial charge on any atom is -0.260 e. The van der Waals surface area contributed by atoms with Gasteiger partial charge >= 0.3 is 0 Å². The average Bonchev–Trinajstić information content (AvgIpc) is 1.83. The van der Waals surface area contributed by atoms with Crippen LogP contribution in [0.4, 0.5) is 0 Å². The van der Waals surface area contributed by atoms with E-state index in [1.807, 2.05) is 0 Å². The van der Waals surface area contributed by atoms with Crippen molar-refractivity contribution in [3.63, 3.8) is 0 Å². The zero-order valence-electron chi connectivity index (χ0n) is 8.14. The Morgan fingerprint density at radius 1 is 1.18 bits per heavy atom. The summed E-state index contributed by atoms with van der Waals surface area (Å²) in [6.07, 6.45) is 1.05. The molecule has 0 saturated heterocycles. The van der Waals surface area contributed by atoms with E-state index in [-0.39, 0.29) is 0 Å². The molecule has 0 aromatic carbocycles. The lowest BCUT2D eigenvalue weighted by Gasteiger charge is -2.14. The van der Waals surface area contributed by atoms with Gasteiger partial charge in [0.25, 0.3) is 0 Å². The fraction of sp³-hybridized carbons (Fsp3) is 1.00. The van der Waals surface area contributed by atoms with Crippen LogP contribution in [0.3, 0.4) is 0 Å². The Morgan fingerprint density at radius 3 is 2.09 bits per heavy atom. The van der Waals surface area contributed by atoms with Crippen molar-refractivity contribution in [1.82, 2.24) is 0 Å². The summed E-state index contributed by atoms with van der Waals surface area (Å²) < 4.78 is 11.2. The third kappa shape index (κ3) is 8.27. The molecular formula is C8H20OSSi. The molecule has 0 rings (SSSR count). The van der Waals surface area contributed by atoms with Gasteiger partial charge in [-0.3, -0.25) is 4.21 Å². The molecule has 0 aromatic heterocycles. The van der Waals surface area contributed by atoms with Crippen LogP contribution in [-0.2, 0) is 10.8 Å². The zero-order chi connectivity index (χ0) is 8.91. The first-order valence-corrected chi connectivity index (χ1v) is 9.50. The van der Waals surface area contributed by atoms with Crippen LogP contribution in [0, 0.1) is 0 Å². The standard InChI is InChI=1S/C8H20OSSi/c1-5-6-10(9)7-8-11(2,3)4/h5-8H2,1-4H3. The molecule has 0 saturated carbocycles. The van der Waals surface area contributed by atoms with Crippen molar-refractivity contribution in [2.24, 2.45) is 0 Å². The van der Waals surface area contributed by atoms with Crippen LogP contribution in [0.2, 0.25) is 25.7 Å². The lowest BCUT2D eigenvalue weighted by atomic mass is 10.6. The van der Waals surface area contributed by atoms with Crippen LogP contribution >= 0.6 is 0 Å². The van der Waals surface area contributed by atoms with Crippen LogP contribution in [0.1, 0.15) is 13.3 Å². The van der Waals surface area contributed by atoms with E-state index in [4.69, 9.17) is 0 Å². The summed E-state index contributed by atoms with van der Waals surface area (Å²) in [5.74, 6) is 1.83. The molecule has 0 bridgehead atoms. The van der Waals surface area contributed by atoms with E-state index >= 15 is 0 Å². The number of hydrogen-bond acceptors (Lipinski definition) is 1. The Labute approximate surface area is 74.0 Å². The summed E-state index contributed by atoms with van der Waals surface area (Å²) in [5.41, 5.74) is 0. The van der Waals surface area contributed by atoms with Crippen molar-refractivity contribution >= 4 is 18.9 Å². The number of hydrogen-bond donors (Lipinski definition) is 0. The minimum absolute atomic E-state index is 0.532. The second-order valence-corrected chi connectivity index (χ2v) is 11.5. The SMILES string of the molecule is CCCS(=O)CC[Si](C)(C)C. The van der Waals surface area contributed by atoms with Gasteiger partial charge in [-0.25, -0.2) is 0 Å². The van der Waals surface area contributed by atoms with E-state index in [9.17, 15) is 4.21 Å². The molecule has 0 aliphatic rings. The van der Waals surface area contributed by atoms with Crippen LogP contribution in [-0.4, -0.2) is 23.8 Å². The largest absolute Gasteiger partial charge is 0.260 e. The van der Waals surface area contributed by atoms with E-state index in [2.05, 4.69) is 26.6 Å². The van der Waals surface area contributed by atoms with Crippen LogP contribution in [0.15, 0.2) is 0 Å². The molecule has 0 radical (unpaired) electrons. The summed E-state index contributed by atoms with van der Waals surface area (Å²) in [6.45, 7) is 9.08. The Hall–Kier alpha value is 0.367. The van der Waals surface area contributed by atoms with Crippen molar-refractivity contribution in [3.05, 3.63) is 0 Å². The van der Waals surface area contributed by atoms with E-state index in [1.165, 1.54) is 6.04 Å². The highest BCUT2D eigenvalue weighted by molar-refractivity contribution is 7.85. The number of rotatable bonds is 5. The molecule has 3 heteroatoms. The first-order valence-electron chi connectivity index (χ1n) is 4.30. The maximum atomic E-state index is 11.2. The lowest BCUT2D eigenvalue weighted by molar-refractivity contribution is 0.682. The van der Waals surface area contributed by atoms with Crippen molar-refractivity contribution < 1.29 is 4.21 Å². The van der Waals surface area contributed by atoms with Crippen molar-refractivity contribution in [1.29, 1.82) is 0 Å². The van der Waals surface area contributed by atoms with Crippen molar-refractivity contribution in [2.75, 3.05) is 11.5 Å². The zero-order valence-corrected chi connectivity index (χ0v) is 9.96. The van der Waals surface area contributed by atoms with Gasteiger partial charge < -0.3 is 0 Å². The summed E-state index contributed by atoms with van der Waals surface area (Å²) in [5, 5.41) is 0. The molecular weight excluding hydrogens is 172 g/mol. The van der Waals surface area contributed by atoms with E-state index in [0.29, 0.717) is 0 Å². The van der Waals surface area contributed by atoms with Crippen LogP contribution in [0.5, 0.6) is 0 Å². The highest BCUT2D eigenvalue weighted by Crippen LogP contribution is 2.08. The fourth-order valence-electron chi connectivity index (χ4n) is 0.750. The second kappa shape index (κ2) is 5.09. The Balaban J connectivity index is 3.46. The van der Waals surface area contributed by atoms with Gasteiger partial charge in [-0.2, -0.15) is 0 Å². The quantitative estimate of drug-likeness (QED) is 0.612. The third-order valence-corrected chi connectivity index (χ3v) is 5.15. The predicted octanol–water partition coefficient (Wildman–Crippen LogP) is 2.48.